The van der Waals surface area contributed by atoms with E-state index in [0.717, 1.165) is 0 Å². The van der Waals surface area contributed by atoms with Crippen molar-refractivity contribution < 1.29 is 9.53 Å². The Labute approximate surface area is 113 Å². The number of benzene rings is 1. The predicted molar refractivity (Wildman–Crippen MR) is 72.2 cm³/mol. The highest BCUT2D eigenvalue weighted by molar-refractivity contribution is 6.43. The Kier molecular flexibility index (Phi) is 3.81. The van der Waals surface area contributed by atoms with Crippen LogP contribution in [-0.2, 0) is 9.53 Å². The maximum atomic E-state index is 11.3. The molecule has 0 atom stereocenters. The van der Waals surface area contributed by atoms with Gasteiger partial charge in [0.1, 0.15) is 6.07 Å². The van der Waals surface area contributed by atoms with Gasteiger partial charge >= 0.3 is 11.7 Å². The minimum absolute atomic E-state index is 0.163. The number of ether oxygens (including phenoxy) is 1. The molecule has 0 amide bonds. The third-order valence-electron chi connectivity index (χ3n) is 2.39. The number of carbonyl (C=O) groups is 1. The van der Waals surface area contributed by atoms with Crippen molar-refractivity contribution in [3.8, 4) is 6.07 Å². The lowest BCUT2D eigenvalue weighted by molar-refractivity contribution is -0.134. The summed E-state index contributed by atoms with van der Waals surface area (Å²) in [6, 6.07) is 6.59. The van der Waals surface area contributed by atoms with Gasteiger partial charge in [0.05, 0.1) is 23.3 Å². The Morgan fingerprint density at radius 2 is 2.20 bits per heavy atom. The van der Waals surface area contributed by atoms with Gasteiger partial charge in [-0.1, -0.05) is 0 Å². The molecule has 8 heteroatoms. The second-order valence-electron chi connectivity index (χ2n) is 3.74. The van der Waals surface area contributed by atoms with E-state index in [-0.39, 0.29) is 18.0 Å². The van der Waals surface area contributed by atoms with Gasteiger partial charge in [0, 0.05) is 0 Å². The Morgan fingerprint density at radius 3 is 2.90 bits per heavy atom. The van der Waals surface area contributed by atoms with Crippen LogP contribution in [-0.4, -0.2) is 28.3 Å². The number of hydrogen-bond donors (Lipinski definition) is 3. The number of aromatic nitrogens is 2. The number of H-pyrrole nitrogens is 2. The number of nitrogens with one attached hydrogen (secondary N) is 3. The fraction of sp³-hybridized carbons (Fsp3) is 0.167. The van der Waals surface area contributed by atoms with E-state index in [1.165, 1.54) is 0 Å². The van der Waals surface area contributed by atoms with E-state index in [2.05, 4.69) is 25.2 Å². The maximum absolute atomic E-state index is 11.3. The molecule has 20 heavy (non-hydrogen) atoms. The highest BCUT2D eigenvalue weighted by Crippen LogP contribution is 2.14. The third-order valence-corrected chi connectivity index (χ3v) is 2.39. The van der Waals surface area contributed by atoms with E-state index in [1.807, 2.05) is 0 Å². The fourth-order valence-electron chi connectivity index (χ4n) is 1.54. The van der Waals surface area contributed by atoms with Crippen molar-refractivity contribution in [3.63, 3.8) is 0 Å². The summed E-state index contributed by atoms with van der Waals surface area (Å²) >= 11 is 0. The van der Waals surface area contributed by atoms with Crippen LogP contribution in [0.2, 0.25) is 0 Å². The zero-order valence-corrected chi connectivity index (χ0v) is 10.6. The smallest absolute Gasteiger partial charge is 0.369 e. The maximum Gasteiger partial charge on any atom is 0.369 e. The molecule has 0 aliphatic rings. The quantitative estimate of drug-likeness (QED) is 0.430. The molecule has 0 saturated carbocycles. The molecule has 1 heterocycles. The second-order valence-corrected chi connectivity index (χ2v) is 3.74. The Balaban J connectivity index is 2.21. The molecule has 102 valence electrons. The summed E-state index contributed by atoms with van der Waals surface area (Å²) < 4.78 is 4.67. The van der Waals surface area contributed by atoms with E-state index >= 15 is 0 Å². The normalized spacial score (nSPS) is 11.1. The summed E-state index contributed by atoms with van der Waals surface area (Å²) in [7, 11) is 0. The molecule has 0 fully saturated rings. The molecular weight excluding hydrogens is 262 g/mol. The third kappa shape index (κ3) is 2.84. The molecule has 2 aromatic rings. The van der Waals surface area contributed by atoms with Crippen molar-refractivity contribution in [2.75, 3.05) is 12.0 Å². The van der Waals surface area contributed by atoms with E-state index in [0.29, 0.717) is 16.7 Å². The lowest BCUT2D eigenvalue weighted by Crippen LogP contribution is -2.17. The van der Waals surface area contributed by atoms with Crippen molar-refractivity contribution in [1.29, 1.82) is 5.26 Å². The molecule has 0 aliphatic heterocycles. The number of fused-ring (bicyclic) bond motifs is 1. The summed E-state index contributed by atoms with van der Waals surface area (Å²) in [5.41, 5.74) is 3.62. The zero-order chi connectivity index (χ0) is 14.5. The second kappa shape index (κ2) is 5.71. The number of aromatic amines is 2. The van der Waals surface area contributed by atoms with E-state index in [1.54, 1.807) is 31.2 Å². The molecule has 0 aliphatic carbocycles. The van der Waals surface area contributed by atoms with E-state index < -0.39 is 5.97 Å². The van der Waals surface area contributed by atoms with Crippen LogP contribution in [0.5, 0.6) is 0 Å². The highest BCUT2D eigenvalue weighted by atomic mass is 16.5. The van der Waals surface area contributed by atoms with Gasteiger partial charge in [0.2, 0.25) is 5.71 Å². The van der Waals surface area contributed by atoms with E-state index in [9.17, 15) is 9.59 Å². The minimum Gasteiger partial charge on any atom is -0.461 e. The number of carbonyl (C=O) groups excluding carboxylic acids is 1. The molecule has 8 nitrogen and oxygen atoms in total. The van der Waals surface area contributed by atoms with Crippen LogP contribution in [0.3, 0.4) is 0 Å². The Bertz CT molecular complexity index is 765. The molecule has 1 aromatic heterocycles. The van der Waals surface area contributed by atoms with Gasteiger partial charge in [-0.3, -0.25) is 5.43 Å². The van der Waals surface area contributed by atoms with E-state index in [4.69, 9.17) is 5.26 Å². The molecule has 0 unspecified atom stereocenters. The highest BCUT2D eigenvalue weighted by Gasteiger charge is 2.11. The van der Waals surface area contributed by atoms with Gasteiger partial charge in [-0.15, -0.1) is 0 Å². The molecular formula is C12H11N5O3. The van der Waals surface area contributed by atoms with Crippen molar-refractivity contribution in [2.24, 2.45) is 5.10 Å². The van der Waals surface area contributed by atoms with Crippen LogP contribution >= 0.6 is 0 Å². The van der Waals surface area contributed by atoms with Crippen molar-refractivity contribution in [1.82, 2.24) is 9.97 Å². The van der Waals surface area contributed by atoms with Crippen LogP contribution in [0.25, 0.3) is 11.0 Å². The number of imidazole rings is 1. The number of hydrazone groups is 1. The van der Waals surface area contributed by atoms with Crippen LogP contribution in [0.15, 0.2) is 28.1 Å². The van der Waals surface area contributed by atoms with Gasteiger partial charge in [0.15, 0.2) is 0 Å². The van der Waals surface area contributed by atoms with Gasteiger partial charge in [-0.25, -0.2) is 9.59 Å². The lowest BCUT2D eigenvalue weighted by Gasteiger charge is -2.02. The average Bonchev–Trinajstić information content (AvgIpc) is 2.79. The summed E-state index contributed by atoms with van der Waals surface area (Å²) in [4.78, 5) is 27.6. The van der Waals surface area contributed by atoms with Crippen LogP contribution in [0.1, 0.15) is 6.92 Å². The summed E-state index contributed by atoms with van der Waals surface area (Å²) in [5, 5.41) is 12.5. The molecule has 2 rings (SSSR count). The summed E-state index contributed by atoms with van der Waals surface area (Å²) in [6.45, 7) is 1.80. The fourth-order valence-corrected chi connectivity index (χ4v) is 1.54. The summed E-state index contributed by atoms with van der Waals surface area (Å²) in [6.07, 6.45) is 0. The minimum atomic E-state index is -0.793. The first kappa shape index (κ1) is 13.4. The molecule has 0 spiro atoms. The number of nitrogens with zero attached hydrogens (tertiary/aromatic N) is 2. The first-order valence-electron chi connectivity index (χ1n) is 5.77. The van der Waals surface area contributed by atoms with Crippen LogP contribution < -0.4 is 11.1 Å². The number of nitriles is 1. The first-order valence-corrected chi connectivity index (χ1v) is 5.77. The molecule has 0 radical (unpaired) electrons. The monoisotopic (exact) mass is 273 g/mol. The Morgan fingerprint density at radius 1 is 1.45 bits per heavy atom. The molecule has 3 N–H and O–H groups in total. The predicted octanol–water partition coefficient (Wildman–Crippen LogP) is 0.711. The number of rotatable bonds is 4. The molecule has 0 bridgehead atoms. The van der Waals surface area contributed by atoms with Gasteiger partial charge in [-0.05, 0) is 25.1 Å². The lowest BCUT2D eigenvalue weighted by atomic mass is 10.3. The van der Waals surface area contributed by atoms with Crippen molar-refractivity contribution >= 4 is 28.4 Å². The zero-order valence-electron chi connectivity index (χ0n) is 10.6. The van der Waals surface area contributed by atoms with Crippen LogP contribution in [0.4, 0.5) is 5.69 Å². The van der Waals surface area contributed by atoms with Crippen LogP contribution in [0, 0.1) is 11.3 Å². The van der Waals surface area contributed by atoms with Gasteiger partial charge in [-0.2, -0.15) is 10.4 Å². The largest absolute Gasteiger partial charge is 0.461 e. The average molecular weight is 273 g/mol. The number of anilines is 1. The summed E-state index contributed by atoms with van der Waals surface area (Å²) in [5.74, 6) is -0.793. The number of esters is 1. The van der Waals surface area contributed by atoms with Gasteiger partial charge < -0.3 is 14.7 Å². The first-order chi connectivity index (χ1) is 9.63. The molecule has 1 aromatic carbocycles. The number of hydrogen-bond acceptors (Lipinski definition) is 6. The topological polar surface area (TPSA) is 123 Å². The standard InChI is InChI=1S/C12H11N5O3/c1-2-20-11(18)10(6-13)17-16-7-3-4-8-9(5-7)15-12(19)14-8/h3-5,16H,2H2,1H3,(H2,14,15,19)/b17-10+. The molecule has 0 saturated heterocycles. The SMILES string of the molecule is CCOC(=O)/C(C#N)=N/Nc1ccc2[nH]c(=O)[nH]c2c1. The van der Waals surface area contributed by atoms with Gasteiger partial charge in [0.25, 0.3) is 0 Å². The van der Waals surface area contributed by atoms with Crippen molar-refractivity contribution in [2.45, 2.75) is 6.92 Å². The van der Waals surface area contributed by atoms with Crippen molar-refractivity contribution in [3.05, 3.63) is 28.7 Å². The Hall–Kier alpha value is -3.08.